The van der Waals surface area contributed by atoms with Crippen LogP contribution in [0.4, 0.5) is 4.39 Å². The van der Waals surface area contributed by atoms with Crippen molar-refractivity contribution in [3.05, 3.63) is 30.1 Å². The lowest BCUT2D eigenvalue weighted by Gasteiger charge is -2.21. The van der Waals surface area contributed by atoms with Crippen molar-refractivity contribution in [2.45, 2.75) is 18.8 Å². The smallest absolute Gasteiger partial charge is 0.169 e. The maximum absolute atomic E-state index is 13.1. The Hall–Kier alpha value is -1.17. The van der Waals surface area contributed by atoms with Crippen molar-refractivity contribution >= 4 is 0 Å². The summed E-state index contributed by atoms with van der Waals surface area (Å²) in [7, 11) is 3.26. The van der Waals surface area contributed by atoms with E-state index in [0.29, 0.717) is 5.75 Å². The Morgan fingerprint density at radius 2 is 2.16 bits per heavy atom. The summed E-state index contributed by atoms with van der Waals surface area (Å²) < 4.78 is 29.2. The van der Waals surface area contributed by atoms with E-state index in [1.165, 1.54) is 12.1 Å². The average molecular weight is 269 g/mol. The van der Waals surface area contributed by atoms with E-state index in [2.05, 4.69) is 4.90 Å². The molecule has 106 valence electrons. The molecule has 0 saturated carbocycles. The number of rotatable bonds is 6. The lowest BCUT2D eigenvalue weighted by molar-refractivity contribution is -0.114. The third-order valence-electron chi connectivity index (χ3n) is 3.26. The van der Waals surface area contributed by atoms with Crippen LogP contribution in [0.5, 0.6) is 5.75 Å². The highest BCUT2D eigenvalue weighted by molar-refractivity contribution is 5.22. The Bertz CT molecular complexity index is 398. The van der Waals surface area contributed by atoms with Gasteiger partial charge in [0.15, 0.2) is 6.29 Å². The molecule has 1 unspecified atom stereocenters. The van der Waals surface area contributed by atoms with Gasteiger partial charge in [-0.3, -0.25) is 4.90 Å². The van der Waals surface area contributed by atoms with Crippen LogP contribution in [-0.4, -0.2) is 51.1 Å². The van der Waals surface area contributed by atoms with Crippen molar-refractivity contribution in [2.24, 2.45) is 0 Å². The van der Waals surface area contributed by atoms with Crippen LogP contribution in [-0.2, 0) is 9.47 Å². The summed E-state index contributed by atoms with van der Waals surface area (Å²) in [5, 5.41) is 0. The second-order valence-corrected chi connectivity index (χ2v) is 4.65. The molecular weight excluding hydrogens is 249 g/mol. The molecule has 5 heteroatoms. The van der Waals surface area contributed by atoms with Gasteiger partial charge in [-0.25, -0.2) is 4.39 Å². The van der Waals surface area contributed by atoms with Crippen molar-refractivity contribution in [3.8, 4) is 5.75 Å². The van der Waals surface area contributed by atoms with Crippen molar-refractivity contribution in [2.75, 3.05) is 33.9 Å². The van der Waals surface area contributed by atoms with Gasteiger partial charge in [-0.1, -0.05) is 6.07 Å². The van der Waals surface area contributed by atoms with E-state index in [0.717, 1.165) is 26.1 Å². The molecule has 0 aliphatic carbocycles. The molecule has 4 nitrogen and oxygen atoms in total. The van der Waals surface area contributed by atoms with Crippen molar-refractivity contribution < 1.29 is 18.6 Å². The first-order valence-corrected chi connectivity index (χ1v) is 6.41. The maximum Gasteiger partial charge on any atom is 0.169 e. The fraction of sp³-hybridized carbons (Fsp3) is 0.571. The fourth-order valence-electron chi connectivity index (χ4n) is 2.25. The van der Waals surface area contributed by atoms with E-state index >= 15 is 0 Å². The summed E-state index contributed by atoms with van der Waals surface area (Å²) in [5.41, 5.74) is 0. The first-order valence-electron chi connectivity index (χ1n) is 6.41. The highest BCUT2D eigenvalue weighted by Crippen LogP contribution is 2.19. The predicted octanol–water partition coefficient (Wildman–Crippen LogP) is 1.90. The Morgan fingerprint density at radius 3 is 2.84 bits per heavy atom. The summed E-state index contributed by atoms with van der Waals surface area (Å²) in [6.45, 7) is 2.46. The van der Waals surface area contributed by atoms with Crippen LogP contribution < -0.4 is 4.74 Å². The number of halogens is 1. The quantitative estimate of drug-likeness (QED) is 0.738. The first kappa shape index (κ1) is 14.2. The summed E-state index contributed by atoms with van der Waals surface area (Å²) >= 11 is 0. The molecule has 1 saturated heterocycles. The van der Waals surface area contributed by atoms with Crippen LogP contribution in [0.2, 0.25) is 0 Å². The monoisotopic (exact) mass is 269 g/mol. The third kappa shape index (κ3) is 4.16. The molecule has 0 radical (unpaired) electrons. The van der Waals surface area contributed by atoms with Gasteiger partial charge < -0.3 is 14.2 Å². The Labute approximate surface area is 113 Å². The zero-order valence-electron chi connectivity index (χ0n) is 11.3. The second-order valence-electron chi connectivity index (χ2n) is 4.65. The minimum atomic E-state index is -0.272. The zero-order chi connectivity index (χ0) is 13.7. The largest absolute Gasteiger partial charge is 0.489 e. The summed E-state index contributed by atoms with van der Waals surface area (Å²) in [6.07, 6.45) is 0.806. The minimum Gasteiger partial charge on any atom is -0.489 e. The number of methoxy groups -OCH3 is 2. The molecule has 1 aliphatic rings. The van der Waals surface area contributed by atoms with Gasteiger partial charge in [0.1, 0.15) is 17.7 Å². The molecule has 0 N–H and O–H groups in total. The molecule has 0 spiro atoms. The van der Waals surface area contributed by atoms with Crippen LogP contribution in [0.1, 0.15) is 6.42 Å². The van der Waals surface area contributed by atoms with Crippen molar-refractivity contribution in [1.29, 1.82) is 0 Å². The average Bonchev–Trinajstić information content (AvgIpc) is 2.83. The van der Waals surface area contributed by atoms with Crippen LogP contribution in [0, 0.1) is 5.82 Å². The van der Waals surface area contributed by atoms with Gasteiger partial charge >= 0.3 is 0 Å². The number of benzene rings is 1. The Balaban J connectivity index is 1.82. The van der Waals surface area contributed by atoms with E-state index in [1.807, 2.05) is 0 Å². The van der Waals surface area contributed by atoms with Crippen LogP contribution >= 0.6 is 0 Å². The van der Waals surface area contributed by atoms with Gasteiger partial charge in [0.25, 0.3) is 0 Å². The molecule has 1 heterocycles. The van der Waals surface area contributed by atoms with Gasteiger partial charge in [0.05, 0.1) is 0 Å². The molecule has 0 aromatic heterocycles. The van der Waals surface area contributed by atoms with E-state index < -0.39 is 0 Å². The fourth-order valence-corrected chi connectivity index (χ4v) is 2.25. The summed E-state index contributed by atoms with van der Waals surface area (Å²) in [5.74, 6) is 0.313. The minimum absolute atomic E-state index is 0.0937. The number of hydrogen-bond acceptors (Lipinski definition) is 4. The van der Waals surface area contributed by atoms with Gasteiger partial charge in [-0.2, -0.15) is 0 Å². The first-order chi connectivity index (χ1) is 9.21. The Kier molecular flexibility index (Phi) is 5.13. The number of hydrogen-bond donors (Lipinski definition) is 0. The van der Waals surface area contributed by atoms with E-state index in [9.17, 15) is 4.39 Å². The number of ether oxygens (including phenoxy) is 3. The SMILES string of the molecule is COC(CN1CCC(Oc2cccc(F)c2)C1)OC. The predicted molar refractivity (Wildman–Crippen MR) is 69.7 cm³/mol. The third-order valence-corrected chi connectivity index (χ3v) is 3.26. The normalized spacial score (nSPS) is 20.1. The highest BCUT2D eigenvalue weighted by Gasteiger charge is 2.26. The molecule has 1 fully saturated rings. The maximum atomic E-state index is 13.1. The van der Waals surface area contributed by atoms with Crippen molar-refractivity contribution in [3.63, 3.8) is 0 Å². The number of likely N-dealkylation sites (tertiary alicyclic amines) is 1. The standard InChI is InChI=1S/C14H20FNO3/c1-17-14(18-2)10-16-7-6-13(9-16)19-12-5-3-4-11(15)8-12/h3-5,8,13-14H,6-7,9-10H2,1-2H3. The number of nitrogens with zero attached hydrogens (tertiary/aromatic N) is 1. The van der Waals surface area contributed by atoms with E-state index in [1.54, 1.807) is 26.4 Å². The second kappa shape index (κ2) is 6.84. The van der Waals surface area contributed by atoms with Crippen LogP contribution in [0.15, 0.2) is 24.3 Å². The van der Waals surface area contributed by atoms with Gasteiger partial charge in [0, 0.05) is 39.9 Å². The Morgan fingerprint density at radius 1 is 1.37 bits per heavy atom. The van der Waals surface area contributed by atoms with Gasteiger partial charge in [0.2, 0.25) is 0 Å². The molecule has 0 amide bonds. The van der Waals surface area contributed by atoms with Crippen LogP contribution in [0.3, 0.4) is 0 Å². The molecule has 1 aromatic rings. The van der Waals surface area contributed by atoms with Gasteiger partial charge in [-0.05, 0) is 18.6 Å². The zero-order valence-corrected chi connectivity index (χ0v) is 11.3. The van der Waals surface area contributed by atoms with Crippen LogP contribution in [0.25, 0.3) is 0 Å². The molecule has 1 atom stereocenters. The summed E-state index contributed by atoms with van der Waals surface area (Å²) in [4.78, 5) is 2.22. The highest BCUT2D eigenvalue weighted by atomic mass is 19.1. The molecular formula is C14H20FNO3. The molecule has 19 heavy (non-hydrogen) atoms. The molecule has 0 bridgehead atoms. The van der Waals surface area contributed by atoms with E-state index in [-0.39, 0.29) is 18.2 Å². The lowest BCUT2D eigenvalue weighted by atomic mass is 10.3. The van der Waals surface area contributed by atoms with Crippen molar-refractivity contribution in [1.82, 2.24) is 4.90 Å². The van der Waals surface area contributed by atoms with Gasteiger partial charge in [-0.15, -0.1) is 0 Å². The molecule has 1 aromatic carbocycles. The molecule has 2 rings (SSSR count). The lowest BCUT2D eigenvalue weighted by Crippen LogP contribution is -2.34. The molecule has 1 aliphatic heterocycles. The topological polar surface area (TPSA) is 30.9 Å². The summed E-state index contributed by atoms with van der Waals surface area (Å²) in [6, 6.07) is 6.26. The van der Waals surface area contributed by atoms with E-state index in [4.69, 9.17) is 14.2 Å².